The fraction of sp³-hybridized carbons (Fsp3) is 0.185. The van der Waals surface area contributed by atoms with E-state index in [1.165, 1.54) is 12.1 Å². The van der Waals surface area contributed by atoms with Gasteiger partial charge in [0, 0.05) is 5.69 Å². The zero-order valence-corrected chi connectivity index (χ0v) is 19.2. The van der Waals surface area contributed by atoms with Crippen LogP contribution in [0, 0.1) is 5.82 Å². The second kappa shape index (κ2) is 9.79. The van der Waals surface area contributed by atoms with Gasteiger partial charge < -0.3 is 14.8 Å². The number of hydrogen-bond donors (Lipinski definition) is 1. The maximum absolute atomic E-state index is 13.4. The van der Waals surface area contributed by atoms with Gasteiger partial charge in [0.15, 0.2) is 0 Å². The predicted molar refractivity (Wildman–Crippen MR) is 128 cm³/mol. The second-order valence-corrected chi connectivity index (χ2v) is 8.12. The Morgan fingerprint density at radius 1 is 0.853 bits per heavy atom. The van der Waals surface area contributed by atoms with Crippen LogP contribution in [0.5, 0.6) is 11.5 Å². The molecule has 3 aromatic carbocycles. The smallest absolute Gasteiger partial charge is 0.278 e. The summed E-state index contributed by atoms with van der Waals surface area (Å²) in [7, 11) is 1.56. The molecule has 3 aromatic rings. The molecule has 0 aliphatic carbocycles. The number of anilines is 1. The number of nitrogens with zero attached hydrogens (tertiary/aromatic N) is 1. The largest absolute Gasteiger partial charge is 0.497 e. The van der Waals surface area contributed by atoms with Gasteiger partial charge in [0.05, 0.1) is 25.3 Å². The maximum atomic E-state index is 13.4. The molecule has 0 atom stereocenters. The standard InChI is InChI=1S/C27H25FN2O4/c1-17(2)34-23-14-10-21(11-15-23)29-25-24(19-6-12-22(33-3)13-7-19)26(31)30(27(25)32)16-18-4-8-20(28)9-5-18/h4-15,17,29H,16H2,1-3H3. The zero-order valence-electron chi connectivity index (χ0n) is 19.2. The SMILES string of the molecule is COc1ccc(C2=C(Nc3ccc(OC(C)C)cc3)C(=O)N(Cc3ccc(F)cc3)C2=O)cc1. The Kier molecular flexibility index (Phi) is 6.63. The Hall–Kier alpha value is -4.13. The first-order valence-electron chi connectivity index (χ1n) is 10.9. The third kappa shape index (κ3) is 4.93. The van der Waals surface area contributed by atoms with Crippen molar-refractivity contribution < 1.29 is 23.5 Å². The molecule has 0 unspecified atom stereocenters. The van der Waals surface area contributed by atoms with Crippen molar-refractivity contribution in [2.75, 3.05) is 12.4 Å². The van der Waals surface area contributed by atoms with Gasteiger partial charge in [-0.1, -0.05) is 24.3 Å². The van der Waals surface area contributed by atoms with E-state index in [9.17, 15) is 14.0 Å². The van der Waals surface area contributed by atoms with Gasteiger partial charge in [0.2, 0.25) is 0 Å². The minimum Gasteiger partial charge on any atom is -0.497 e. The Balaban J connectivity index is 1.67. The monoisotopic (exact) mass is 460 g/mol. The van der Waals surface area contributed by atoms with Crippen LogP contribution in [0.3, 0.4) is 0 Å². The fourth-order valence-electron chi connectivity index (χ4n) is 3.67. The van der Waals surface area contributed by atoms with Gasteiger partial charge in [0.25, 0.3) is 11.8 Å². The molecular formula is C27H25FN2O4. The first-order chi connectivity index (χ1) is 16.4. The quantitative estimate of drug-likeness (QED) is 0.479. The van der Waals surface area contributed by atoms with Crippen LogP contribution in [0.2, 0.25) is 0 Å². The molecule has 1 aliphatic rings. The number of hydrogen-bond acceptors (Lipinski definition) is 5. The van der Waals surface area contributed by atoms with Crippen LogP contribution >= 0.6 is 0 Å². The lowest BCUT2D eigenvalue weighted by molar-refractivity contribution is -0.137. The molecule has 0 bridgehead atoms. The van der Waals surface area contributed by atoms with E-state index in [1.807, 2.05) is 13.8 Å². The van der Waals surface area contributed by atoms with Gasteiger partial charge >= 0.3 is 0 Å². The van der Waals surface area contributed by atoms with Crippen molar-refractivity contribution in [1.29, 1.82) is 0 Å². The number of carbonyl (C=O) groups excluding carboxylic acids is 2. The van der Waals surface area contributed by atoms with Crippen molar-refractivity contribution in [2.45, 2.75) is 26.5 Å². The van der Waals surface area contributed by atoms with Crippen molar-refractivity contribution in [3.8, 4) is 11.5 Å². The molecule has 0 spiro atoms. The van der Waals surface area contributed by atoms with Gasteiger partial charge in [-0.2, -0.15) is 0 Å². The molecule has 2 amide bonds. The molecule has 1 aliphatic heterocycles. The van der Waals surface area contributed by atoms with Gasteiger partial charge in [-0.15, -0.1) is 0 Å². The van der Waals surface area contributed by atoms with Crippen LogP contribution in [0.4, 0.5) is 10.1 Å². The number of halogens is 1. The van der Waals surface area contributed by atoms with Crippen molar-refractivity contribution in [1.82, 2.24) is 4.90 Å². The lowest BCUT2D eigenvalue weighted by Crippen LogP contribution is -2.32. The highest BCUT2D eigenvalue weighted by Crippen LogP contribution is 2.32. The van der Waals surface area contributed by atoms with E-state index in [0.717, 1.165) is 4.90 Å². The van der Waals surface area contributed by atoms with E-state index >= 15 is 0 Å². The Morgan fingerprint density at radius 2 is 1.47 bits per heavy atom. The first kappa shape index (κ1) is 23.0. The summed E-state index contributed by atoms with van der Waals surface area (Å²) in [6.07, 6.45) is 0.0391. The number of amides is 2. The van der Waals surface area contributed by atoms with Gasteiger partial charge in [-0.05, 0) is 73.5 Å². The molecule has 0 radical (unpaired) electrons. The van der Waals surface area contributed by atoms with E-state index < -0.39 is 11.8 Å². The summed E-state index contributed by atoms with van der Waals surface area (Å²) in [6, 6.07) is 19.8. The van der Waals surface area contributed by atoms with Crippen molar-refractivity contribution in [3.63, 3.8) is 0 Å². The van der Waals surface area contributed by atoms with E-state index in [0.29, 0.717) is 28.3 Å². The number of nitrogens with one attached hydrogen (secondary N) is 1. The molecule has 1 N–H and O–H groups in total. The third-order valence-corrected chi connectivity index (χ3v) is 5.30. The third-order valence-electron chi connectivity index (χ3n) is 5.30. The molecule has 34 heavy (non-hydrogen) atoms. The van der Waals surface area contributed by atoms with Crippen molar-refractivity contribution in [2.24, 2.45) is 0 Å². The summed E-state index contributed by atoms with van der Waals surface area (Å²) in [5, 5.41) is 3.12. The molecule has 0 saturated heterocycles. The van der Waals surface area contributed by atoms with Gasteiger partial charge in [0.1, 0.15) is 23.0 Å². The van der Waals surface area contributed by atoms with E-state index in [2.05, 4.69) is 5.32 Å². The Labute approximate surface area is 197 Å². The lowest BCUT2D eigenvalue weighted by Gasteiger charge is -2.15. The van der Waals surface area contributed by atoms with Crippen LogP contribution in [0.1, 0.15) is 25.0 Å². The summed E-state index contributed by atoms with van der Waals surface area (Å²) in [6.45, 7) is 3.91. The molecular weight excluding hydrogens is 435 g/mol. The number of benzene rings is 3. The first-order valence-corrected chi connectivity index (χ1v) is 10.9. The molecule has 0 saturated carbocycles. The highest BCUT2D eigenvalue weighted by Gasteiger charge is 2.39. The maximum Gasteiger partial charge on any atom is 0.278 e. The average Bonchev–Trinajstić information content (AvgIpc) is 3.05. The van der Waals surface area contributed by atoms with Crippen LogP contribution in [0.15, 0.2) is 78.5 Å². The summed E-state index contributed by atoms with van der Waals surface area (Å²) < 4.78 is 24.2. The highest BCUT2D eigenvalue weighted by atomic mass is 19.1. The lowest BCUT2D eigenvalue weighted by atomic mass is 10.0. The van der Waals surface area contributed by atoms with E-state index in [1.54, 1.807) is 67.8 Å². The molecule has 0 fully saturated rings. The second-order valence-electron chi connectivity index (χ2n) is 8.12. The zero-order chi connectivity index (χ0) is 24.2. The molecule has 4 rings (SSSR count). The van der Waals surface area contributed by atoms with Crippen LogP contribution < -0.4 is 14.8 Å². The van der Waals surface area contributed by atoms with Crippen LogP contribution in [-0.4, -0.2) is 29.9 Å². The predicted octanol–water partition coefficient (Wildman–Crippen LogP) is 5.01. The Morgan fingerprint density at radius 3 is 2.06 bits per heavy atom. The number of carbonyl (C=O) groups is 2. The number of methoxy groups -OCH3 is 1. The van der Waals surface area contributed by atoms with Gasteiger partial charge in [-0.3, -0.25) is 14.5 Å². The summed E-state index contributed by atoms with van der Waals surface area (Å²) >= 11 is 0. The fourth-order valence-corrected chi connectivity index (χ4v) is 3.67. The van der Waals surface area contributed by atoms with Crippen molar-refractivity contribution >= 4 is 23.1 Å². The summed E-state index contributed by atoms with van der Waals surface area (Å²) in [5.74, 6) is 0.0766. The molecule has 0 aromatic heterocycles. The van der Waals surface area contributed by atoms with E-state index in [-0.39, 0.29) is 29.7 Å². The minimum absolute atomic E-state index is 0.0317. The van der Waals surface area contributed by atoms with Crippen LogP contribution in [0.25, 0.3) is 5.57 Å². The number of rotatable bonds is 8. The van der Waals surface area contributed by atoms with Crippen LogP contribution in [-0.2, 0) is 16.1 Å². The van der Waals surface area contributed by atoms with Gasteiger partial charge in [-0.25, -0.2) is 4.39 Å². The molecule has 6 nitrogen and oxygen atoms in total. The molecule has 7 heteroatoms. The normalized spacial score (nSPS) is 13.6. The highest BCUT2D eigenvalue weighted by molar-refractivity contribution is 6.36. The number of ether oxygens (including phenoxy) is 2. The topological polar surface area (TPSA) is 67.9 Å². The molecule has 1 heterocycles. The number of imide groups is 1. The van der Waals surface area contributed by atoms with Crippen molar-refractivity contribution in [3.05, 3.63) is 95.4 Å². The summed E-state index contributed by atoms with van der Waals surface area (Å²) in [4.78, 5) is 27.9. The molecule has 174 valence electrons. The Bertz CT molecular complexity index is 1220. The summed E-state index contributed by atoms with van der Waals surface area (Å²) in [5.41, 5.74) is 2.31. The minimum atomic E-state index is -0.456. The van der Waals surface area contributed by atoms with E-state index in [4.69, 9.17) is 9.47 Å². The average molecular weight is 461 g/mol.